The Morgan fingerprint density at radius 2 is 1.92 bits per heavy atom. The van der Waals surface area contributed by atoms with Gasteiger partial charge in [-0.2, -0.15) is 0 Å². The van der Waals surface area contributed by atoms with Crippen LogP contribution in [0.3, 0.4) is 0 Å². The largest absolute Gasteiger partial charge is 0.355 e. The molecule has 1 unspecified atom stereocenters. The third-order valence-corrected chi connectivity index (χ3v) is 4.33. The normalized spacial score (nSPS) is 18.3. The number of aryl methyl sites for hydroxylation is 1. The molecule has 0 radical (unpaired) electrons. The first-order valence-corrected chi connectivity index (χ1v) is 8.47. The number of anilines is 1. The van der Waals surface area contributed by atoms with Gasteiger partial charge in [0.25, 0.3) is 0 Å². The Labute approximate surface area is 145 Å². The fourth-order valence-electron chi connectivity index (χ4n) is 3.24. The van der Waals surface area contributed by atoms with E-state index in [-0.39, 0.29) is 29.6 Å². The van der Waals surface area contributed by atoms with E-state index in [1.807, 2.05) is 45.3 Å². The summed E-state index contributed by atoms with van der Waals surface area (Å²) in [6.45, 7) is 8.24. The molecule has 0 aliphatic carbocycles. The lowest BCUT2D eigenvalue weighted by molar-refractivity contribution is -0.126. The minimum atomic E-state index is -0.269. The summed E-state index contributed by atoms with van der Waals surface area (Å²) in [6, 6.07) is 7.85. The molecule has 1 aliphatic heterocycles. The SMILES string of the molecule is Cc1ccc(N2CC(C(=O)NCC(C)(C)CN(C)C)CC2=O)cc1. The van der Waals surface area contributed by atoms with Crippen molar-refractivity contribution in [2.45, 2.75) is 27.2 Å². The lowest BCUT2D eigenvalue weighted by atomic mass is 9.92. The van der Waals surface area contributed by atoms with Crippen LogP contribution >= 0.6 is 0 Å². The highest BCUT2D eigenvalue weighted by Gasteiger charge is 2.35. The molecule has 1 fully saturated rings. The highest BCUT2D eigenvalue weighted by molar-refractivity contribution is 6.00. The molecule has 0 spiro atoms. The summed E-state index contributed by atoms with van der Waals surface area (Å²) < 4.78 is 0. The molecule has 1 saturated heterocycles. The van der Waals surface area contributed by atoms with Crippen molar-refractivity contribution >= 4 is 17.5 Å². The van der Waals surface area contributed by atoms with Crippen LogP contribution < -0.4 is 10.2 Å². The van der Waals surface area contributed by atoms with Gasteiger partial charge in [0.05, 0.1) is 5.92 Å². The van der Waals surface area contributed by atoms with E-state index in [0.717, 1.165) is 17.8 Å². The minimum absolute atomic E-state index is 0.00157. The molecule has 132 valence electrons. The van der Waals surface area contributed by atoms with Gasteiger partial charge in [-0.1, -0.05) is 31.5 Å². The summed E-state index contributed by atoms with van der Waals surface area (Å²) in [6.07, 6.45) is 0.286. The monoisotopic (exact) mass is 331 g/mol. The zero-order valence-corrected chi connectivity index (χ0v) is 15.4. The van der Waals surface area contributed by atoms with Crippen LogP contribution in [0.2, 0.25) is 0 Å². The number of nitrogens with zero attached hydrogens (tertiary/aromatic N) is 2. The zero-order valence-electron chi connectivity index (χ0n) is 15.4. The molecule has 2 amide bonds. The Kier molecular flexibility index (Phi) is 5.65. The molecular weight excluding hydrogens is 302 g/mol. The van der Waals surface area contributed by atoms with Crippen molar-refractivity contribution < 1.29 is 9.59 Å². The first-order valence-electron chi connectivity index (χ1n) is 8.47. The van der Waals surface area contributed by atoms with Gasteiger partial charge in [-0.05, 0) is 38.6 Å². The molecule has 2 rings (SSSR count). The summed E-state index contributed by atoms with van der Waals surface area (Å²) >= 11 is 0. The number of hydrogen-bond donors (Lipinski definition) is 1. The van der Waals surface area contributed by atoms with Gasteiger partial charge in [-0.25, -0.2) is 0 Å². The number of hydrogen-bond acceptors (Lipinski definition) is 3. The predicted octanol–water partition coefficient (Wildman–Crippen LogP) is 2.05. The molecule has 5 nitrogen and oxygen atoms in total. The molecule has 1 N–H and O–H groups in total. The molecule has 1 heterocycles. The van der Waals surface area contributed by atoms with E-state index < -0.39 is 0 Å². The van der Waals surface area contributed by atoms with Gasteiger partial charge in [0.15, 0.2) is 0 Å². The van der Waals surface area contributed by atoms with Crippen LogP contribution in [0, 0.1) is 18.3 Å². The van der Waals surface area contributed by atoms with Crippen molar-refractivity contribution in [3.8, 4) is 0 Å². The van der Waals surface area contributed by atoms with Crippen molar-refractivity contribution in [3.05, 3.63) is 29.8 Å². The second-order valence-electron chi connectivity index (χ2n) is 7.86. The van der Waals surface area contributed by atoms with E-state index in [2.05, 4.69) is 24.1 Å². The van der Waals surface area contributed by atoms with Gasteiger partial charge in [-0.3, -0.25) is 9.59 Å². The van der Waals surface area contributed by atoms with Crippen molar-refractivity contribution in [2.75, 3.05) is 38.6 Å². The van der Waals surface area contributed by atoms with Crippen LogP contribution in [0.5, 0.6) is 0 Å². The second-order valence-corrected chi connectivity index (χ2v) is 7.86. The molecule has 5 heteroatoms. The summed E-state index contributed by atoms with van der Waals surface area (Å²) in [5.74, 6) is -0.273. The number of rotatable bonds is 6. The first kappa shape index (κ1) is 18.5. The summed E-state index contributed by atoms with van der Waals surface area (Å²) in [7, 11) is 4.05. The lowest BCUT2D eigenvalue weighted by Crippen LogP contribution is -2.42. The Balaban J connectivity index is 1.93. The highest BCUT2D eigenvalue weighted by Crippen LogP contribution is 2.25. The molecule has 1 aromatic carbocycles. The average molecular weight is 331 g/mol. The summed E-state index contributed by atoms with van der Waals surface area (Å²) in [5, 5.41) is 3.03. The molecule has 1 atom stereocenters. The maximum absolute atomic E-state index is 12.5. The van der Waals surface area contributed by atoms with E-state index in [0.29, 0.717) is 13.1 Å². The number of nitrogens with one attached hydrogen (secondary N) is 1. The van der Waals surface area contributed by atoms with E-state index >= 15 is 0 Å². The highest BCUT2D eigenvalue weighted by atomic mass is 16.2. The van der Waals surface area contributed by atoms with Crippen molar-refractivity contribution in [2.24, 2.45) is 11.3 Å². The van der Waals surface area contributed by atoms with Crippen LogP contribution in [0.4, 0.5) is 5.69 Å². The number of amides is 2. The molecule has 0 bridgehead atoms. The topological polar surface area (TPSA) is 52.7 Å². The van der Waals surface area contributed by atoms with Crippen molar-refractivity contribution in [3.63, 3.8) is 0 Å². The first-order chi connectivity index (χ1) is 11.2. The van der Waals surface area contributed by atoms with Gasteiger partial charge >= 0.3 is 0 Å². The fraction of sp³-hybridized carbons (Fsp3) is 0.579. The van der Waals surface area contributed by atoms with Gasteiger partial charge in [-0.15, -0.1) is 0 Å². The smallest absolute Gasteiger partial charge is 0.227 e. The number of benzene rings is 1. The number of carbonyl (C=O) groups is 2. The standard InChI is InChI=1S/C19H29N3O2/c1-14-6-8-16(9-7-14)22-11-15(10-17(22)23)18(24)20-12-19(2,3)13-21(4)5/h6-9,15H,10-13H2,1-5H3,(H,20,24). The zero-order chi connectivity index (χ0) is 17.9. The molecule has 1 aromatic rings. The van der Waals surface area contributed by atoms with Gasteiger partial charge in [0.1, 0.15) is 0 Å². The van der Waals surface area contributed by atoms with Crippen molar-refractivity contribution in [1.29, 1.82) is 0 Å². The maximum atomic E-state index is 12.5. The van der Waals surface area contributed by atoms with Crippen LogP contribution in [0.1, 0.15) is 25.8 Å². The molecular formula is C19H29N3O2. The van der Waals surface area contributed by atoms with E-state index in [9.17, 15) is 9.59 Å². The molecule has 24 heavy (non-hydrogen) atoms. The van der Waals surface area contributed by atoms with Crippen LogP contribution in [0.15, 0.2) is 24.3 Å². The second kappa shape index (κ2) is 7.34. The predicted molar refractivity (Wildman–Crippen MR) is 97.0 cm³/mol. The lowest BCUT2D eigenvalue weighted by Gasteiger charge is -2.29. The third kappa shape index (κ3) is 4.81. The Morgan fingerprint density at radius 1 is 1.29 bits per heavy atom. The fourth-order valence-corrected chi connectivity index (χ4v) is 3.24. The van der Waals surface area contributed by atoms with E-state index in [1.54, 1.807) is 4.90 Å². The van der Waals surface area contributed by atoms with E-state index in [1.165, 1.54) is 0 Å². The molecule has 0 aromatic heterocycles. The quantitative estimate of drug-likeness (QED) is 0.868. The van der Waals surface area contributed by atoms with E-state index in [4.69, 9.17) is 0 Å². The number of carbonyl (C=O) groups excluding carboxylic acids is 2. The van der Waals surface area contributed by atoms with Crippen molar-refractivity contribution in [1.82, 2.24) is 10.2 Å². The molecule has 1 aliphatic rings. The minimum Gasteiger partial charge on any atom is -0.355 e. The Hall–Kier alpha value is -1.88. The van der Waals surface area contributed by atoms with Gasteiger partial charge in [0, 0.05) is 31.7 Å². The Bertz CT molecular complexity index is 593. The van der Waals surface area contributed by atoms with Gasteiger partial charge in [0.2, 0.25) is 11.8 Å². The average Bonchev–Trinajstić information content (AvgIpc) is 2.86. The summed E-state index contributed by atoms with van der Waals surface area (Å²) in [4.78, 5) is 28.5. The summed E-state index contributed by atoms with van der Waals surface area (Å²) in [5.41, 5.74) is 2.02. The third-order valence-electron chi connectivity index (χ3n) is 4.33. The maximum Gasteiger partial charge on any atom is 0.227 e. The Morgan fingerprint density at radius 3 is 2.50 bits per heavy atom. The van der Waals surface area contributed by atoms with Crippen LogP contribution in [0.25, 0.3) is 0 Å². The molecule has 0 saturated carbocycles. The van der Waals surface area contributed by atoms with Crippen LogP contribution in [-0.4, -0.2) is 50.4 Å². The van der Waals surface area contributed by atoms with Crippen LogP contribution in [-0.2, 0) is 9.59 Å². The van der Waals surface area contributed by atoms with Gasteiger partial charge < -0.3 is 15.1 Å².